The number of aromatic nitrogens is 2. The highest BCUT2D eigenvalue weighted by Gasteiger charge is 2.04. The Kier molecular flexibility index (Phi) is 2.88. The van der Waals surface area contributed by atoms with Crippen molar-refractivity contribution in [1.29, 1.82) is 0 Å². The number of hydrogen-bond donors (Lipinski definition) is 1. The summed E-state index contributed by atoms with van der Waals surface area (Å²) in [4.78, 5) is 19.3. The van der Waals surface area contributed by atoms with E-state index in [0.29, 0.717) is 17.6 Å². The van der Waals surface area contributed by atoms with Crippen molar-refractivity contribution in [2.75, 3.05) is 0 Å². The molecule has 0 unspecified atom stereocenters. The molecule has 0 bridgehead atoms. The number of hydrogen-bond acceptors (Lipinski definition) is 2. The first-order valence-corrected chi connectivity index (χ1v) is 6.26. The average molecular weight is 250 g/mol. The van der Waals surface area contributed by atoms with Gasteiger partial charge in [0.25, 0.3) is 5.56 Å². The maximum Gasteiger partial charge on any atom is 0.258 e. The van der Waals surface area contributed by atoms with E-state index in [2.05, 4.69) is 29.0 Å². The molecule has 0 atom stereocenters. The van der Waals surface area contributed by atoms with Crippen molar-refractivity contribution in [3.05, 3.63) is 75.8 Å². The van der Waals surface area contributed by atoms with E-state index in [4.69, 9.17) is 0 Å². The molecule has 1 aromatic heterocycles. The van der Waals surface area contributed by atoms with Crippen molar-refractivity contribution >= 4 is 10.9 Å². The molecule has 94 valence electrons. The molecule has 0 aliphatic heterocycles. The predicted octanol–water partition coefficient (Wildman–Crippen LogP) is 2.82. The Morgan fingerprint density at radius 1 is 1.11 bits per heavy atom. The molecule has 0 saturated carbocycles. The Morgan fingerprint density at radius 2 is 1.95 bits per heavy atom. The van der Waals surface area contributed by atoms with Crippen LogP contribution in [0.5, 0.6) is 0 Å². The van der Waals surface area contributed by atoms with E-state index < -0.39 is 0 Å². The van der Waals surface area contributed by atoms with Crippen LogP contribution in [0.3, 0.4) is 0 Å². The first-order valence-electron chi connectivity index (χ1n) is 6.26. The number of aryl methyl sites for hydroxylation is 1. The zero-order chi connectivity index (χ0) is 13.2. The van der Waals surface area contributed by atoms with Gasteiger partial charge in [-0.15, -0.1) is 0 Å². The molecule has 0 fully saturated rings. The molecule has 2 aromatic carbocycles. The summed E-state index contributed by atoms with van der Waals surface area (Å²) in [6.45, 7) is 2.06. The quantitative estimate of drug-likeness (QED) is 0.760. The Hall–Kier alpha value is -2.42. The topological polar surface area (TPSA) is 45.8 Å². The van der Waals surface area contributed by atoms with E-state index in [-0.39, 0.29) is 5.56 Å². The normalized spacial score (nSPS) is 10.8. The highest BCUT2D eigenvalue weighted by Crippen LogP contribution is 2.10. The van der Waals surface area contributed by atoms with Crippen LogP contribution in [0.15, 0.2) is 53.3 Å². The predicted molar refractivity (Wildman–Crippen MR) is 76.3 cm³/mol. The minimum atomic E-state index is -0.0757. The molecule has 3 rings (SSSR count). The number of H-pyrrole nitrogens is 1. The molecular weight excluding hydrogens is 236 g/mol. The van der Waals surface area contributed by atoms with Gasteiger partial charge < -0.3 is 4.98 Å². The molecule has 0 radical (unpaired) electrons. The van der Waals surface area contributed by atoms with Crippen molar-refractivity contribution in [2.45, 2.75) is 13.3 Å². The molecule has 0 amide bonds. The second kappa shape index (κ2) is 4.69. The zero-order valence-electron chi connectivity index (χ0n) is 10.7. The largest absolute Gasteiger partial charge is 0.310 e. The van der Waals surface area contributed by atoms with E-state index >= 15 is 0 Å². The van der Waals surface area contributed by atoms with Crippen molar-refractivity contribution in [1.82, 2.24) is 9.97 Å². The number of aromatic amines is 1. The number of fused-ring (bicyclic) bond motifs is 1. The minimum absolute atomic E-state index is 0.0757. The highest BCUT2D eigenvalue weighted by molar-refractivity contribution is 5.77. The van der Waals surface area contributed by atoms with Crippen LogP contribution in [0.25, 0.3) is 10.9 Å². The third-order valence-corrected chi connectivity index (χ3v) is 3.12. The lowest BCUT2D eigenvalue weighted by atomic mass is 10.1. The summed E-state index contributed by atoms with van der Waals surface area (Å²) >= 11 is 0. The first-order chi connectivity index (χ1) is 9.22. The van der Waals surface area contributed by atoms with Crippen LogP contribution < -0.4 is 5.56 Å². The lowest BCUT2D eigenvalue weighted by molar-refractivity contribution is 0.972. The molecule has 0 aliphatic rings. The van der Waals surface area contributed by atoms with E-state index in [1.807, 2.05) is 30.3 Å². The third-order valence-electron chi connectivity index (χ3n) is 3.12. The lowest BCUT2D eigenvalue weighted by Gasteiger charge is -2.04. The second-order valence-corrected chi connectivity index (χ2v) is 4.70. The average Bonchev–Trinajstić information content (AvgIpc) is 2.39. The van der Waals surface area contributed by atoms with Crippen molar-refractivity contribution in [3.8, 4) is 0 Å². The fraction of sp³-hybridized carbons (Fsp3) is 0.125. The van der Waals surface area contributed by atoms with Crippen LogP contribution >= 0.6 is 0 Å². The van der Waals surface area contributed by atoms with E-state index in [9.17, 15) is 4.79 Å². The lowest BCUT2D eigenvalue weighted by Crippen LogP contribution is -2.12. The van der Waals surface area contributed by atoms with Gasteiger partial charge in [-0.25, -0.2) is 4.98 Å². The molecule has 0 saturated heterocycles. The maximum atomic E-state index is 12.0. The SMILES string of the molecule is Cc1cccc(Cc2nc3ccccc3c(=O)[nH]2)c1. The Balaban J connectivity index is 2.04. The molecule has 1 N–H and O–H groups in total. The monoisotopic (exact) mass is 250 g/mol. The highest BCUT2D eigenvalue weighted by atomic mass is 16.1. The van der Waals surface area contributed by atoms with Gasteiger partial charge in [0, 0.05) is 6.42 Å². The second-order valence-electron chi connectivity index (χ2n) is 4.70. The van der Waals surface area contributed by atoms with Crippen LogP contribution in [-0.4, -0.2) is 9.97 Å². The third kappa shape index (κ3) is 2.40. The molecule has 1 heterocycles. The van der Waals surface area contributed by atoms with E-state index in [1.54, 1.807) is 6.07 Å². The summed E-state index contributed by atoms with van der Waals surface area (Å²) in [6.07, 6.45) is 0.641. The van der Waals surface area contributed by atoms with Gasteiger partial charge in [0.05, 0.1) is 10.9 Å². The molecule has 19 heavy (non-hydrogen) atoms. The molecule has 3 heteroatoms. The zero-order valence-corrected chi connectivity index (χ0v) is 10.7. The summed E-state index contributed by atoms with van der Waals surface area (Å²) in [5.41, 5.74) is 3.03. The standard InChI is InChI=1S/C16H14N2O/c1-11-5-4-6-12(9-11)10-15-17-14-8-3-2-7-13(14)16(19)18-15/h2-9H,10H2,1H3,(H,17,18,19). The van der Waals surface area contributed by atoms with Crippen molar-refractivity contribution in [3.63, 3.8) is 0 Å². The Labute approximate surface area is 111 Å². The number of rotatable bonds is 2. The van der Waals surface area contributed by atoms with Gasteiger partial charge >= 0.3 is 0 Å². The fourth-order valence-electron chi connectivity index (χ4n) is 2.23. The van der Waals surface area contributed by atoms with Crippen molar-refractivity contribution in [2.24, 2.45) is 0 Å². The summed E-state index contributed by atoms with van der Waals surface area (Å²) in [6, 6.07) is 15.6. The summed E-state index contributed by atoms with van der Waals surface area (Å²) in [7, 11) is 0. The first kappa shape index (κ1) is 11.7. The maximum absolute atomic E-state index is 12.0. The van der Waals surface area contributed by atoms with Crippen LogP contribution in [0.4, 0.5) is 0 Å². The van der Waals surface area contributed by atoms with Crippen molar-refractivity contribution < 1.29 is 0 Å². The van der Waals surface area contributed by atoms with Crippen LogP contribution in [0.1, 0.15) is 17.0 Å². The molecular formula is C16H14N2O. The van der Waals surface area contributed by atoms with Crippen LogP contribution in [-0.2, 0) is 6.42 Å². The molecule has 0 spiro atoms. The summed E-state index contributed by atoms with van der Waals surface area (Å²) in [5.74, 6) is 0.703. The molecule has 3 aromatic rings. The summed E-state index contributed by atoms with van der Waals surface area (Å²) < 4.78 is 0. The number of nitrogens with one attached hydrogen (secondary N) is 1. The number of benzene rings is 2. The van der Waals surface area contributed by atoms with Gasteiger partial charge in [-0.1, -0.05) is 42.0 Å². The van der Waals surface area contributed by atoms with Gasteiger partial charge in [0.15, 0.2) is 0 Å². The Bertz CT molecular complexity index is 790. The minimum Gasteiger partial charge on any atom is -0.310 e. The van der Waals surface area contributed by atoms with E-state index in [0.717, 1.165) is 11.1 Å². The van der Waals surface area contributed by atoms with Gasteiger partial charge in [-0.05, 0) is 24.6 Å². The van der Waals surface area contributed by atoms with Gasteiger partial charge in [0.2, 0.25) is 0 Å². The van der Waals surface area contributed by atoms with Gasteiger partial charge in [0.1, 0.15) is 5.82 Å². The fourth-order valence-corrected chi connectivity index (χ4v) is 2.23. The van der Waals surface area contributed by atoms with Crippen LogP contribution in [0, 0.1) is 6.92 Å². The Morgan fingerprint density at radius 3 is 2.79 bits per heavy atom. The van der Waals surface area contributed by atoms with Crippen LogP contribution in [0.2, 0.25) is 0 Å². The number of nitrogens with zero attached hydrogens (tertiary/aromatic N) is 1. The molecule has 3 nitrogen and oxygen atoms in total. The molecule has 0 aliphatic carbocycles. The van der Waals surface area contributed by atoms with E-state index in [1.165, 1.54) is 5.56 Å². The smallest absolute Gasteiger partial charge is 0.258 e. The summed E-state index contributed by atoms with van der Waals surface area (Å²) in [5, 5.41) is 0.635. The van der Waals surface area contributed by atoms with Gasteiger partial charge in [-0.2, -0.15) is 0 Å². The number of para-hydroxylation sites is 1. The van der Waals surface area contributed by atoms with Gasteiger partial charge in [-0.3, -0.25) is 4.79 Å².